The number of nitrogens with zero attached hydrogens (tertiary/aromatic N) is 2. The highest BCUT2D eigenvalue weighted by molar-refractivity contribution is 6.11. The molecular weight excluding hydrogens is 370 g/mol. The zero-order valence-electron chi connectivity index (χ0n) is 16.1. The van der Waals surface area contributed by atoms with E-state index in [0.29, 0.717) is 33.8 Å². The van der Waals surface area contributed by atoms with Gasteiger partial charge in [-0.05, 0) is 38.8 Å². The van der Waals surface area contributed by atoms with Crippen LogP contribution in [0.5, 0.6) is 0 Å². The first-order valence-electron chi connectivity index (χ1n) is 9.61. The number of hydrogen-bond acceptors (Lipinski definition) is 6. The number of carbonyl (C=O) groups excluding carboxylic acids is 2. The van der Waals surface area contributed by atoms with Crippen LogP contribution < -0.4 is 0 Å². The van der Waals surface area contributed by atoms with Crippen LogP contribution >= 0.6 is 0 Å². The van der Waals surface area contributed by atoms with Crippen LogP contribution in [0.1, 0.15) is 57.8 Å². The van der Waals surface area contributed by atoms with Crippen molar-refractivity contribution in [3.63, 3.8) is 0 Å². The van der Waals surface area contributed by atoms with Crippen LogP contribution in [0.15, 0.2) is 41.1 Å². The third-order valence-electron chi connectivity index (χ3n) is 5.36. The summed E-state index contributed by atoms with van der Waals surface area (Å²) in [5.41, 5.74) is 3.40. The summed E-state index contributed by atoms with van der Waals surface area (Å²) in [7, 11) is 0. The van der Waals surface area contributed by atoms with E-state index < -0.39 is 12.1 Å². The summed E-state index contributed by atoms with van der Waals surface area (Å²) in [6.45, 7) is 3.34. The molecule has 0 bridgehead atoms. The van der Waals surface area contributed by atoms with Crippen molar-refractivity contribution in [3.05, 3.63) is 59.0 Å². The average Bonchev–Trinajstić information content (AvgIpc) is 3.39. The Balaban J connectivity index is 1.45. The minimum Gasteiger partial charge on any atom is -0.451 e. The van der Waals surface area contributed by atoms with Gasteiger partial charge in [0.15, 0.2) is 6.10 Å². The number of Topliss-reactive ketones (excluding diaryl/α,β-unsaturated/α-hetero) is 1. The second-order valence-electron chi connectivity index (χ2n) is 7.48. The van der Waals surface area contributed by atoms with Crippen molar-refractivity contribution < 1.29 is 18.8 Å². The molecule has 3 heterocycles. The molecule has 0 spiro atoms. The van der Waals surface area contributed by atoms with Crippen molar-refractivity contribution in [2.45, 2.75) is 38.7 Å². The number of ketones is 1. The maximum absolute atomic E-state index is 13.0. The van der Waals surface area contributed by atoms with Crippen LogP contribution in [0.3, 0.4) is 0 Å². The van der Waals surface area contributed by atoms with E-state index in [0.717, 1.165) is 29.4 Å². The van der Waals surface area contributed by atoms with Crippen molar-refractivity contribution in [2.24, 2.45) is 0 Å². The van der Waals surface area contributed by atoms with Gasteiger partial charge in [0.2, 0.25) is 5.78 Å². The van der Waals surface area contributed by atoms with Gasteiger partial charge in [0.1, 0.15) is 0 Å². The minimum absolute atomic E-state index is 0.259. The lowest BCUT2D eigenvalue weighted by Gasteiger charge is -2.13. The number of ether oxygens (including phenoxy) is 1. The molecule has 1 N–H and O–H groups in total. The number of fused-ring (bicyclic) bond motifs is 2. The first-order chi connectivity index (χ1) is 14.0. The number of aromatic amines is 1. The molecule has 1 aliphatic rings. The Bertz CT molecular complexity index is 1270. The zero-order chi connectivity index (χ0) is 20.1. The molecule has 1 atom stereocenters. The first kappa shape index (κ1) is 17.6. The number of esters is 1. The third kappa shape index (κ3) is 2.99. The Hall–Kier alpha value is -3.48. The fraction of sp³-hybridized carbons (Fsp3) is 0.273. The van der Waals surface area contributed by atoms with Gasteiger partial charge in [-0.2, -0.15) is 0 Å². The SMILES string of the molecule is Cc1noc2nc(C3CC3)cc(C(=O)O[C@@H](C)C(=O)c3c[nH]c4ccccc34)c12. The molecule has 0 saturated heterocycles. The van der Waals surface area contributed by atoms with Crippen molar-refractivity contribution in [3.8, 4) is 0 Å². The van der Waals surface area contributed by atoms with E-state index in [-0.39, 0.29) is 5.78 Å². The molecule has 0 radical (unpaired) electrons. The lowest BCUT2D eigenvalue weighted by molar-refractivity contribution is 0.0321. The number of hydrogen-bond donors (Lipinski definition) is 1. The Morgan fingerprint density at radius 2 is 2.03 bits per heavy atom. The van der Waals surface area contributed by atoms with E-state index >= 15 is 0 Å². The molecule has 29 heavy (non-hydrogen) atoms. The van der Waals surface area contributed by atoms with E-state index in [2.05, 4.69) is 15.1 Å². The lowest BCUT2D eigenvalue weighted by atomic mass is 10.1. The highest BCUT2D eigenvalue weighted by Gasteiger charge is 2.30. The van der Waals surface area contributed by atoms with Gasteiger partial charge in [0.25, 0.3) is 5.71 Å². The van der Waals surface area contributed by atoms with Crippen molar-refractivity contribution >= 4 is 33.8 Å². The van der Waals surface area contributed by atoms with E-state index in [1.807, 2.05) is 24.3 Å². The van der Waals surface area contributed by atoms with Gasteiger partial charge in [-0.1, -0.05) is 23.4 Å². The maximum Gasteiger partial charge on any atom is 0.339 e. The lowest BCUT2D eigenvalue weighted by Crippen LogP contribution is -2.24. The van der Waals surface area contributed by atoms with Gasteiger partial charge in [-0.3, -0.25) is 4.79 Å². The number of para-hydroxylation sites is 1. The molecule has 5 rings (SSSR count). The fourth-order valence-corrected chi connectivity index (χ4v) is 3.63. The molecule has 7 nitrogen and oxygen atoms in total. The molecule has 0 aliphatic heterocycles. The van der Waals surface area contributed by atoms with Crippen LogP contribution in [-0.4, -0.2) is 33.0 Å². The smallest absolute Gasteiger partial charge is 0.339 e. The van der Waals surface area contributed by atoms with Gasteiger partial charge >= 0.3 is 5.97 Å². The zero-order valence-corrected chi connectivity index (χ0v) is 16.1. The standard InChI is InChI=1S/C22H19N3O4/c1-11-19-15(9-18(13-7-8-13)24-21(19)29-25-11)22(27)28-12(2)20(26)16-10-23-17-6-4-3-5-14(16)17/h3-6,9-10,12-13,23H,7-8H2,1-2H3/t12-/m0/s1. The molecule has 7 heteroatoms. The van der Waals surface area contributed by atoms with Crippen LogP contribution in [0.25, 0.3) is 22.0 Å². The molecule has 3 aromatic heterocycles. The number of aromatic nitrogens is 3. The summed E-state index contributed by atoms with van der Waals surface area (Å²) in [5, 5.41) is 5.27. The molecular formula is C22H19N3O4. The number of rotatable bonds is 5. The minimum atomic E-state index is -0.936. The molecule has 4 aromatic rings. The number of benzene rings is 1. The van der Waals surface area contributed by atoms with Crippen LogP contribution in [0, 0.1) is 6.92 Å². The van der Waals surface area contributed by atoms with Gasteiger partial charge in [-0.25, -0.2) is 9.78 Å². The van der Waals surface area contributed by atoms with Gasteiger partial charge in [0, 0.05) is 34.3 Å². The largest absolute Gasteiger partial charge is 0.451 e. The monoisotopic (exact) mass is 389 g/mol. The molecule has 1 fully saturated rings. The summed E-state index contributed by atoms with van der Waals surface area (Å²) in [6, 6.07) is 9.26. The number of H-pyrrole nitrogens is 1. The number of nitrogens with one attached hydrogen (secondary N) is 1. The summed E-state index contributed by atoms with van der Waals surface area (Å²) in [4.78, 5) is 33.4. The molecule has 1 aliphatic carbocycles. The van der Waals surface area contributed by atoms with E-state index in [1.165, 1.54) is 0 Å². The van der Waals surface area contributed by atoms with E-state index in [9.17, 15) is 9.59 Å². The van der Waals surface area contributed by atoms with Crippen LogP contribution in [-0.2, 0) is 4.74 Å². The molecule has 1 saturated carbocycles. The topological polar surface area (TPSA) is 98.1 Å². The first-order valence-corrected chi connectivity index (χ1v) is 9.61. The number of pyridine rings is 1. The second-order valence-corrected chi connectivity index (χ2v) is 7.48. The average molecular weight is 389 g/mol. The fourth-order valence-electron chi connectivity index (χ4n) is 3.63. The predicted molar refractivity (Wildman–Crippen MR) is 106 cm³/mol. The number of carbonyl (C=O) groups is 2. The van der Waals surface area contributed by atoms with E-state index in [1.54, 1.807) is 26.1 Å². The van der Waals surface area contributed by atoms with Crippen molar-refractivity contribution in [2.75, 3.05) is 0 Å². The third-order valence-corrected chi connectivity index (χ3v) is 5.36. The Morgan fingerprint density at radius 1 is 1.24 bits per heavy atom. The summed E-state index contributed by atoms with van der Waals surface area (Å²) < 4.78 is 10.8. The van der Waals surface area contributed by atoms with Crippen molar-refractivity contribution in [1.82, 2.24) is 15.1 Å². The summed E-state index contributed by atoms with van der Waals surface area (Å²) in [6.07, 6.45) is 2.79. The normalized spacial score (nSPS) is 15.0. The number of aryl methyl sites for hydroxylation is 1. The van der Waals surface area contributed by atoms with Gasteiger partial charge in [-0.15, -0.1) is 0 Å². The Kier molecular flexibility index (Phi) is 3.97. The highest BCUT2D eigenvalue weighted by atomic mass is 16.5. The van der Waals surface area contributed by atoms with Gasteiger partial charge in [0.05, 0.1) is 16.6 Å². The molecule has 0 amide bonds. The second kappa shape index (κ2) is 6.55. The molecule has 1 aromatic carbocycles. The van der Waals surface area contributed by atoms with Crippen LogP contribution in [0.4, 0.5) is 0 Å². The molecule has 146 valence electrons. The quantitative estimate of drug-likeness (QED) is 0.403. The predicted octanol–water partition coefficient (Wildman–Crippen LogP) is 4.32. The summed E-state index contributed by atoms with van der Waals surface area (Å²) >= 11 is 0. The molecule has 0 unspecified atom stereocenters. The van der Waals surface area contributed by atoms with Gasteiger partial charge < -0.3 is 14.2 Å². The summed E-state index contributed by atoms with van der Waals surface area (Å²) in [5.74, 6) is -0.501. The Labute approximate surface area is 166 Å². The van der Waals surface area contributed by atoms with Crippen molar-refractivity contribution in [1.29, 1.82) is 0 Å². The van der Waals surface area contributed by atoms with Crippen LogP contribution in [0.2, 0.25) is 0 Å². The van der Waals surface area contributed by atoms with E-state index in [4.69, 9.17) is 9.26 Å². The Morgan fingerprint density at radius 3 is 2.83 bits per heavy atom. The highest BCUT2D eigenvalue weighted by Crippen LogP contribution is 2.40. The maximum atomic E-state index is 13.0.